The maximum Gasteiger partial charge on any atom is 0.322 e. The minimum Gasteiger partial charge on any atom is -0.505 e. The molecule has 1 amide bonds. The Hall–Kier alpha value is -3.72. The molecular formula is C20H15ClFN3O5. The molecule has 1 heterocycles. The van der Waals surface area contributed by atoms with Crippen molar-refractivity contribution < 1.29 is 24.2 Å². The Labute approximate surface area is 174 Å². The smallest absolute Gasteiger partial charge is 0.322 e. The molecule has 10 heteroatoms. The minimum atomic E-state index is -1.33. The molecule has 3 rings (SSSR count). The van der Waals surface area contributed by atoms with E-state index in [-0.39, 0.29) is 17.8 Å². The van der Waals surface area contributed by atoms with Crippen LogP contribution in [-0.4, -0.2) is 38.4 Å². The molecule has 0 aliphatic rings. The van der Waals surface area contributed by atoms with E-state index in [1.54, 1.807) is 24.3 Å². The summed E-state index contributed by atoms with van der Waals surface area (Å²) in [6, 6.07) is 11.6. The highest BCUT2D eigenvalue weighted by Gasteiger charge is 2.24. The van der Waals surface area contributed by atoms with E-state index in [4.69, 9.17) is 16.7 Å². The van der Waals surface area contributed by atoms with E-state index in [9.17, 15) is 23.9 Å². The van der Waals surface area contributed by atoms with Gasteiger partial charge in [-0.25, -0.2) is 9.07 Å². The fraction of sp³-hybridized carbons (Fsp3) is 0.100. The Morgan fingerprint density at radius 1 is 1.13 bits per heavy atom. The summed E-state index contributed by atoms with van der Waals surface area (Å²) in [6.45, 7) is -0.872. The van der Waals surface area contributed by atoms with Gasteiger partial charge >= 0.3 is 5.97 Å². The van der Waals surface area contributed by atoms with Gasteiger partial charge in [0, 0.05) is 10.6 Å². The number of carboxylic acids is 1. The van der Waals surface area contributed by atoms with E-state index in [0.717, 1.165) is 16.8 Å². The monoisotopic (exact) mass is 431 g/mol. The number of benzene rings is 2. The van der Waals surface area contributed by atoms with E-state index < -0.39 is 41.1 Å². The summed E-state index contributed by atoms with van der Waals surface area (Å²) in [6.07, 6.45) is 0. The van der Waals surface area contributed by atoms with Gasteiger partial charge in [0.25, 0.3) is 11.5 Å². The molecule has 0 bridgehead atoms. The number of carbonyl (C=O) groups excluding carboxylic acids is 1. The van der Waals surface area contributed by atoms with Crippen molar-refractivity contribution in [3.8, 4) is 17.0 Å². The topological polar surface area (TPSA) is 122 Å². The number of rotatable bonds is 6. The number of aromatic nitrogens is 2. The van der Waals surface area contributed by atoms with Gasteiger partial charge in [-0.15, -0.1) is 0 Å². The number of aromatic hydroxyl groups is 1. The zero-order valence-corrected chi connectivity index (χ0v) is 16.1. The van der Waals surface area contributed by atoms with Crippen molar-refractivity contribution in [1.29, 1.82) is 0 Å². The van der Waals surface area contributed by atoms with Crippen molar-refractivity contribution in [2.24, 2.45) is 0 Å². The van der Waals surface area contributed by atoms with Crippen molar-refractivity contribution in [2.75, 3.05) is 6.54 Å². The number of nitrogens with one attached hydrogen (secondary N) is 1. The van der Waals surface area contributed by atoms with Crippen molar-refractivity contribution in [3.05, 3.63) is 80.9 Å². The summed E-state index contributed by atoms with van der Waals surface area (Å²) in [4.78, 5) is 36.0. The number of halogens is 2. The second kappa shape index (κ2) is 8.75. The number of hydrogen-bond donors (Lipinski definition) is 3. The third-order valence-electron chi connectivity index (χ3n) is 4.15. The molecule has 0 saturated heterocycles. The van der Waals surface area contributed by atoms with Crippen molar-refractivity contribution >= 4 is 23.5 Å². The number of aliphatic carboxylic acids is 1. The highest BCUT2D eigenvalue weighted by Crippen LogP contribution is 2.29. The normalized spacial score (nSPS) is 10.6. The van der Waals surface area contributed by atoms with Crippen LogP contribution in [0.5, 0.6) is 5.75 Å². The molecule has 30 heavy (non-hydrogen) atoms. The molecule has 0 unspecified atom stereocenters. The van der Waals surface area contributed by atoms with Crippen LogP contribution < -0.4 is 10.9 Å². The number of amides is 1. The summed E-state index contributed by atoms with van der Waals surface area (Å²) < 4.78 is 14.2. The van der Waals surface area contributed by atoms with E-state index in [2.05, 4.69) is 5.10 Å². The third kappa shape index (κ3) is 4.47. The fourth-order valence-electron chi connectivity index (χ4n) is 2.71. The molecule has 8 nitrogen and oxygen atoms in total. The van der Waals surface area contributed by atoms with Crippen LogP contribution in [0.2, 0.25) is 5.02 Å². The third-order valence-corrected chi connectivity index (χ3v) is 4.52. The van der Waals surface area contributed by atoms with Gasteiger partial charge in [-0.05, 0) is 35.9 Å². The van der Waals surface area contributed by atoms with Crippen LogP contribution in [0, 0.1) is 5.82 Å². The number of carboxylic acid groups (broad SMARTS) is 1. The lowest BCUT2D eigenvalue weighted by Crippen LogP contribution is -2.37. The van der Waals surface area contributed by atoms with Crippen LogP contribution in [-0.2, 0) is 11.3 Å². The maximum absolute atomic E-state index is 13.3. The van der Waals surface area contributed by atoms with Gasteiger partial charge in [-0.3, -0.25) is 14.4 Å². The predicted molar refractivity (Wildman–Crippen MR) is 106 cm³/mol. The molecule has 0 saturated carbocycles. The molecule has 1 aromatic heterocycles. The lowest BCUT2D eigenvalue weighted by atomic mass is 10.1. The van der Waals surface area contributed by atoms with E-state index in [1.165, 1.54) is 12.1 Å². The number of nitrogens with zero attached hydrogens (tertiary/aromatic N) is 2. The first-order chi connectivity index (χ1) is 14.3. The Morgan fingerprint density at radius 2 is 1.80 bits per heavy atom. The molecule has 0 aliphatic heterocycles. The van der Waals surface area contributed by atoms with Crippen LogP contribution in [0.25, 0.3) is 11.3 Å². The van der Waals surface area contributed by atoms with Crippen LogP contribution in [0.4, 0.5) is 4.39 Å². The SMILES string of the molecule is O=C(O)CNC(=O)c1c(O)c(-c2ccc(F)cc2)nn(Cc2ccccc2Cl)c1=O. The average molecular weight is 432 g/mol. The predicted octanol–water partition coefficient (Wildman–Crippen LogP) is 2.27. The Kier molecular flexibility index (Phi) is 6.12. The van der Waals surface area contributed by atoms with Gasteiger partial charge in [-0.1, -0.05) is 29.8 Å². The molecule has 3 N–H and O–H groups in total. The first kappa shape index (κ1) is 21.0. The standard InChI is InChI=1S/C20H15ClFN3O5/c21-14-4-2-1-3-12(14)10-25-20(30)16(19(29)23-9-15(26)27)18(28)17(24-25)11-5-7-13(22)8-6-11/h1-8,28H,9-10H2,(H,23,29)(H,26,27). The van der Waals surface area contributed by atoms with Crippen molar-refractivity contribution in [3.63, 3.8) is 0 Å². The van der Waals surface area contributed by atoms with Gasteiger partial charge in [0.2, 0.25) is 0 Å². The lowest BCUT2D eigenvalue weighted by molar-refractivity contribution is -0.135. The molecule has 0 fully saturated rings. The summed E-state index contributed by atoms with van der Waals surface area (Å²) in [7, 11) is 0. The quantitative estimate of drug-likeness (QED) is 0.550. The zero-order valence-electron chi connectivity index (χ0n) is 15.3. The van der Waals surface area contributed by atoms with Gasteiger partial charge in [0.1, 0.15) is 18.1 Å². The maximum atomic E-state index is 13.3. The number of hydrogen-bond acceptors (Lipinski definition) is 5. The highest BCUT2D eigenvalue weighted by atomic mass is 35.5. The highest BCUT2D eigenvalue weighted by molar-refractivity contribution is 6.31. The zero-order chi connectivity index (χ0) is 21.8. The van der Waals surface area contributed by atoms with Crippen LogP contribution in [0.15, 0.2) is 53.3 Å². The van der Waals surface area contributed by atoms with E-state index in [1.807, 2.05) is 5.32 Å². The first-order valence-electron chi connectivity index (χ1n) is 8.61. The molecule has 0 aliphatic carbocycles. The summed E-state index contributed by atoms with van der Waals surface area (Å²) in [5.41, 5.74) is -1.00. The molecule has 154 valence electrons. The van der Waals surface area contributed by atoms with Crippen LogP contribution in [0.1, 0.15) is 15.9 Å². The molecular weight excluding hydrogens is 417 g/mol. The van der Waals surface area contributed by atoms with Crippen molar-refractivity contribution in [2.45, 2.75) is 6.54 Å². The van der Waals surface area contributed by atoms with Crippen molar-refractivity contribution in [1.82, 2.24) is 15.1 Å². The lowest BCUT2D eigenvalue weighted by Gasteiger charge is -2.14. The second-order valence-electron chi connectivity index (χ2n) is 6.21. The minimum absolute atomic E-state index is 0.119. The van der Waals surface area contributed by atoms with E-state index >= 15 is 0 Å². The molecule has 0 spiro atoms. The van der Waals surface area contributed by atoms with Gasteiger partial charge in [0.15, 0.2) is 11.3 Å². The van der Waals surface area contributed by atoms with E-state index in [0.29, 0.717) is 10.6 Å². The van der Waals surface area contributed by atoms with Crippen LogP contribution in [0.3, 0.4) is 0 Å². The van der Waals surface area contributed by atoms with Gasteiger partial charge < -0.3 is 15.5 Å². The fourth-order valence-corrected chi connectivity index (χ4v) is 2.90. The Bertz CT molecular complexity index is 1180. The van der Waals surface area contributed by atoms with Crippen LogP contribution >= 0.6 is 11.6 Å². The molecule has 2 aromatic carbocycles. The summed E-state index contributed by atoms with van der Waals surface area (Å²) in [5.74, 6) is -3.68. The Morgan fingerprint density at radius 3 is 2.43 bits per heavy atom. The number of carbonyl (C=O) groups is 2. The molecule has 0 atom stereocenters. The molecule has 3 aromatic rings. The summed E-state index contributed by atoms with van der Waals surface area (Å²) >= 11 is 6.14. The Balaban J connectivity index is 2.17. The molecule has 0 radical (unpaired) electrons. The second-order valence-corrected chi connectivity index (χ2v) is 6.62. The largest absolute Gasteiger partial charge is 0.505 e. The average Bonchev–Trinajstić information content (AvgIpc) is 2.71. The van der Waals surface area contributed by atoms with Gasteiger partial charge in [-0.2, -0.15) is 5.10 Å². The van der Waals surface area contributed by atoms with Gasteiger partial charge in [0.05, 0.1) is 6.54 Å². The first-order valence-corrected chi connectivity index (χ1v) is 8.99. The summed E-state index contributed by atoms with van der Waals surface area (Å²) in [5, 5.41) is 25.9.